The Kier molecular flexibility index (Phi) is 3.74. The Balaban J connectivity index is 1.96. The third kappa shape index (κ3) is 2.81. The second-order valence-corrected chi connectivity index (χ2v) is 6.79. The van der Waals surface area contributed by atoms with Crippen molar-refractivity contribution < 1.29 is 28.2 Å². The van der Waals surface area contributed by atoms with Gasteiger partial charge in [0.05, 0.1) is 6.20 Å². The summed E-state index contributed by atoms with van der Waals surface area (Å²) in [5, 5.41) is 19.0. The molecule has 1 saturated heterocycles. The number of alkyl halides is 3. The van der Waals surface area contributed by atoms with E-state index in [1.165, 1.54) is 0 Å². The first-order valence-electron chi connectivity index (χ1n) is 7.71. The van der Waals surface area contributed by atoms with Gasteiger partial charge in [0, 0.05) is 13.1 Å². The number of hydrogen-bond acceptors (Lipinski definition) is 5. The summed E-state index contributed by atoms with van der Waals surface area (Å²) in [6.45, 7) is 1.62. The third-order valence-corrected chi connectivity index (χ3v) is 5.09. The van der Waals surface area contributed by atoms with Crippen LogP contribution in [-0.2, 0) is 5.60 Å². The van der Waals surface area contributed by atoms with Crippen LogP contribution in [0.3, 0.4) is 0 Å². The van der Waals surface area contributed by atoms with Crippen molar-refractivity contribution in [1.29, 1.82) is 0 Å². The Labute approximate surface area is 136 Å². The molecule has 0 amide bonds. The van der Waals surface area contributed by atoms with Gasteiger partial charge in [-0.15, -0.1) is 0 Å². The van der Waals surface area contributed by atoms with E-state index in [9.17, 15) is 28.2 Å². The van der Waals surface area contributed by atoms with Crippen LogP contribution in [0.5, 0.6) is 0 Å². The maximum atomic E-state index is 13.0. The first kappa shape index (κ1) is 16.9. The molecule has 9 heteroatoms. The zero-order valence-electron chi connectivity index (χ0n) is 13.1. The number of aromatic carboxylic acids is 1. The number of carboxylic acids is 1. The van der Waals surface area contributed by atoms with Crippen molar-refractivity contribution in [2.75, 3.05) is 18.0 Å². The molecule has 1 aromatic heterocycles. The lowest BCUT2D eigenvalue weighted by Crippen LogP contribution is -2.41. The molecule has 3 rings (SSSR count). The van der Waals surface area contributed by atoms with Gasteiger partial charge in [0.25, 0.3) is 0 Å². The first-order chi connectivity index (χ1) is 11.1. The van der Waals surface area contributed by atoms with E-state index >= 15 is 0 Å². The largest absolute Gasteiger partial charge is 0.476 e. The van der Waals surface area contributed by atoms with Crippen LogP contribution in [0.4, 0.5) is 19.0 Å². The maximum absolute atomic E-state index is 13.0. The van der Waals surface area contributed by atoms with E-state index in [1.54, 1.807) is 4.90 Å². The van der Waals surface area contributed by atoms with Crippen LogP contribution in [0.2, 0.25) is 0 Å². The highest BCUT2D eigenvalue weighted by Crippen LogP contribution is 2.54. The Bertz CT molecular complexity index is 662. The number of aromatic nitrogens is 2. The maximum Gasteiger partial charge on any atom is 0.422 e. The van der Waals surface area contributed by atoms with E-state index in [0.29, 0.717) is 31.6 Å². The summed E-state index contributed by atoms with van der Waals surface area (Å²) >= 11 is 0. The topological polar surface area (TPSA) is 86.5 Å². The third-order valence-electron chi connectivity index (χ3n) is 5.09. The second kappa shape index (κ2) is 5.30. The summed E-state index contributed by atoms with van der Waals surface area (Å²) in [4.78, 5) is 20.5. The molecule has 24 heavy (non-hydrogen) atoms. The molecular formula is C15H18F3N3O3. The smallest absolute Gasteiger partial charge is 0.422 e. The lowest BCUT2D eigenvalue weighted by Gasteiger charge is -2.34. The summed E-state index contributed by atoms with van der Waals surface area (Å²) in [5.74, 6) is -1.47. The molecule has 2 fully saturated rings. The highest BCUT2D eigenvalue weighted by molar-refractivity contribution is 5.91. The number of aliphatic hydroxyl groups is 1. The number of hydrogen-bond donors (Lipinski definition) is 2. The number of rotatable bonds is 3. The second-order valence-electron chi connectivity index (χ2n) is 6.79. The molecule has 2 aliphatic rings. The average Bonchev–Trinajstić information content (AvgIpc) is 3.25. The van der Waals surface area contributed by atoms with E-state index in [4.69, 9.17) is 0 Å². The Morgan fingerprint density at radius 3 is 2.29 bits per heavy atom. The average molecular weight is 345 g/mol. The molecule has 0 aromatic carbocycles. The first-order valence-corrected chi connectivity index (χ1v) is 7.71. The van der Waals surface area contributed by atoms with Crippen molar-refractivity contribution in [3.05, 3.63) is 17.6 Å². The minimum atomic E-state index is -4.94. The summed E-state index contributed by atoms with van der Waals surface area (Å²) in [6.07, 6.45) is -0.278. The van der Waals surface area contributed by atoms with Crippen LogP contribution in [-0.4, -0.2) is 45.4 Å². The molecule has 2 N–H and O–H groups in total. The molecule has 132 valence electrons. The molecule has 1 aliphatic heterocycles. The number of carbonyl (C=O) groups is 1. The van der Waals surface area contributed by atoms with Crippen molar-refractivity contribution >= 4 is 11.8 Å². The predicted molar refractivity (Wildman–Crippen MR) is 77.7 cm³/mol. The lowest BCUT2D eigenvalue weighted by atomic mass is 9.93. The zero-order chi connectivity index (χ0) is 17.8. The number of anilines is 1. The number of carboxylic acid groups (broad SMARTS) is 1. The van der Waals surface area contributed by atoms with Crippen LogP contribution < -0.4 is 4.90 Å². The molecule has 1 aliphatic carbocycles. The number of nitrogens with zero attached hydrogens (tertiary/aromatic N) is 3. The van der Waals surface area contributed by atoms with Gasteiger partial charge >= 0.3 is 12.1 Å². The molecule has 0 radical (unpaired) electrons. The molecule has 1 aromatic rings. The van der Waals surface area contributed by atoms with Gasteiger partial charge in [0.1, 0.15) is 5.69 Å². The Morgan fingerprint density at radius 1 is 1.25 bits per heavy atom. The van der Waals surface area contributed by atoms with Gasteiger partial charge in [-0.25, -0.2) is 14.8 Å². The Hall–Kier alpha value is -1.90. The summed E-state index contributed by atoms with van der Waals surface area (Å²) < 4.78 is 39.0. The molecular weight excluding hydrogens is 327 g/mol. The predicted octanol–water partition coefficient (Wildman–Crippen LogP) is 2.33. The zero-order valence-corrected chi connectivity index (χ0v) is 13.1. The van der Waals surface area contributed by atoms with Gasteiger partial charge in [-0.3, -0.25) is 0 Å². The van der Waals surface area contributed by atoms with Gasteiger partial charge in [0.15, 0.2) is 11.5 Å². The fourth-order valence-electron chi connectivity index (χ4n) is 3.00. The normalized spacial score (nSPS) is 22.3. The molecule has 2 heterocycles. The van der Waals surface area contributed by atoms with E-state index in [2.05, 4.69) is 9.97 Å². The van der Waals surface area contributed by atoms with Crippen molar-refractivity contribution in [1.82, 2.24) is 9.97 Å². The molecule has 1 spiro atoms. The van der Waals surface area contributed by atoms with Gasteiger partial charge in [0.2, 0.25) is 5.60 Å². The lowest BCUT2D eigenvalue weighted by molar-refractivity contribution is -0.260. The quantitative estimate of drug-likeness (QED) is 0.874. The van der Waals surface area contributed by atoms with Crippen LogP contribution >= 0.6 is 0 Å². The minimum absolute atomic E-state index is 0.111. The van der Waals surface area contributed by atoms with Gasteiger partial charge in [-0.05, 0) is 38.0 Å². The van der Waals surface area contributed by atoms with Crippen LogP contribution in [0.15, 0.2) is 6.20 Å². The van der Waals surface area contributed by atoms with Gasteiger partial charge in [-0.2, -0.15) is 13.2 Å². The van der Waals surface area contributed by atoms with Crippen LogP contribution in [0.25, 0.3) is 0 Å². The fraction of sp³-hybridized carbons (Fsp3) is 0.667. The van der Waals surface area contributed by atoms with E-state index in [0.717, 1.165) is 25.7 Å². The van der Waals surface area contributed by atoms with Crippen molar-refractivity contribution in [2.45, 2.75) is 44.4 Å². The molecule has 1 atom stereocenters. The van der Waals surface area contributed by atoms with E-state index in [1.807, 2.05) is 0 Å². The number of piperidine rings is 1. The summed E-state index contributed by atoms with van der Waals surface area (Å²) in [7, 11) is 0. The Morgan fingerprint density at radius 2 is 1.83 bits per heavy atom. The van der Waals surface area contributed by atoms with Crippen molar-refractivity contribution in [3.63, 3.8) is 0 Å². The van der Waals surface area contributed by atoms with Crippen molar-refractivity contribution in [2.24, 2.45) is 5.41 Å². The summed E-state index contributed by atoms with van der Waals surface area (Å²) in [5.41, 5.74) is -3.98. The summed E-state index contributed by atoms with van der Waals surface area (Å²) in [6, 6.07) is 0. The van der Waals surface area contributed by atoms with E-state index < -0.39 is 29.1 Å². The van der Waals surface area contributed by atoms with Gasteiger partial charge < -0.3 is 15.1 Å². The minimum Gasteiger partial charge on any atom is -0.476 e. The SMILES string of the molecule is CC(O)(c1cnc(C(=O)O)c(N2CCC3(CC2)CC3)n1)C(F)(F)F. The molecule has 1 saturated carbocycles. The van der Waals surface area contributed by atoms with Crippen molar-refractivity contribution in [3.8, 4) is 0 Å². The molecule has 6 nitrogen and oxygen atoms in total. The monoisotopic (exact) mass is 345 g/mol. The van der Waals surface area contributed by atoms with Crippen LogP contribution in [0, 0.1) is 5.41 Å². The fourth-order valence-corrected chi connectivity index (χ4v) is 3.00. The van der Waals surface area contributed by atoms with Gasteiger partial charge in [-0.1, -0.05) is 0 Å². The highest BCUT2D eigenvalue weighted by Gasteiger charge is 2.53. The van der Waals surface area contributed by atoms with Crippen LogP contribution in [0.1, 0.15) is 48.8 Å². The molecule has 1 unspecified atom stereocenters. The number of halogens is 3. The highest BCUT2D eigenvalue weighted by atomic mass is 19.4. The standard InChI is InChI=1S/C15H18F3N3O3/c1-13(24,15(16,17)18)9-8-19-10(12(22)23)11(20-9)21-6-4-14(2-3-14)5-7-21/h8,24H,2-7H2,1H3,(H,22,23). The van der Waals surface area contributed by atoms with E-state index in [-0.39, 0.29) is 5.82 Å². The molecule has 0 bridgehead atoms.